The maximum Gasteiger partial charge on any atom is 0.292 e. The van der Waals surface area contributed by atoms with Crippen LogP contribution in [0.25, 0.3) is 0 Å². The Balaban J connectivity index is 2.24. The van der Waals surface area contributed by atoms with Crippen molar-refractivity contribution in [2.45, 2.75) is 13.8 Å². The van der Waals surface area contributed by atoms with E-state index in [9.17, 15) is 14.9 Å². The highest BCUT2D eigenvalue weighted by molar-refractivity contribution is 6.05. The Bertz CT molecular complexity index is 726. The number of rotatable bonds is 3. The molecule has 0 saturated heterocycles. The minimum Gasteiger partial charge on any atom is -0.393 e. The molecule has 0 aliphatic heterocycles. The van der Waals surface area contributed by atoms with E-state index in [-0.39, 0.29) is 22.8 Å². The average molecular weight is 285 g/mol. The fourth-order valence-corrected chi connectivity index (χ4v) is 2.01. The van der Waals surface area contributed by atoms with Crippen LogP contribution in [0.15, 0.2) is 36.4 Å². The summed E-state index contributed by atoms with van der Waals surface area (Å²) < 4.78 is 0. The monoisotopic (exact) mass is 285 g/mol. The fourth-order valence-electron chi connectivity index (χ4n) is 2.01. The molecule has 2 aromatic carbocycles. The molecule has 0 radical (unpaired) electrons. The number of amides is 1. The Morgan fingerprint density at radius 1 is 1.19 bits per heavy atom. The van der Waals surface area contributed by atoms with Gasteiger partial charge >= 0.3 is 0 Å². The van der Waals surface area contributed by atoms with Crippen LogP contribution in [0.2, 0.25) is 0 Å². The van der Waals surface area contributed by atoms with Gasteiger partial charge < -0.3 is 11.1 Å². The minimum atomic E-state index is -0.582. The molecule has 21 heavy (non-hydrogen) atoms. The molecule has 2 aromatic rings. The van der Waals surface area contributed by atoms with E-state index in [0.29, 0.717) is 5.69 Å². The van der Waals surface area contributed by atoms with Crippen molar-refractivity contribution in [3.05, 3.63) is 63.2 Å². The topological polar surface area (TPSA) is 98.3 Å². The molecule has 0 bridgehead atoms. The van der Waals surface area contributed by atoms with Gasteiger partial charge in [0.05, 0.1) is 4.92 Å². The Hall–Kier alpha value is -2.89. The third-order valence-electron chi connectivity index (χ3n) is 3.12. The van der Waals surface area contributed by atoms with E-state index in [1.807, 2.05) is 32.0 Å². The summed E-state index contributed by atoms with van der Waals surface area (Å²) in [5.41, 5.74) is 8.35. The SMILES string of the molecule is Cc1ccc(NC(=O)c2ccc([N+](=O)[O-])c(N)c2)c(C)c1. The van der Waals surface area contributed by atoms with Gasteiger partial charge in [0.1, 0.15) is 5.69 Å². The highest BCUT2D eigenvalue weighted by atomic mass is 16.6. The van der Waals surface area contributed by atoms with E-state index >= 15 is 0 Å². The Labute approximate surface area is 121 Å². The first-order chi connectivity index (χ1) is 9.88. The van der Waals surface area contributed by atoms with Crippen LogP contribution in [0.4, 0.5) is 17.1 Å². The lowest BCUT2D eigenvalue weighted by Crippen LogP contribution is -2.13. The van der Waals surface area contributed by atoms with Crippen LogP contribution < -0.4 is 11.1 Å². The molecule has 6 nitrogen and oxygen atoms in total. The second-order valence-electron chi connectivity index (χ2n) is 4.80. The van der Waals surface area contributed by atoms with Crippen molar-refractivity contribution in [1.82, 2.24) is 0 Å². The van der Waals surface area contributed by atoms with Crippen molar-refractivity contribution in [2.24, 2.45) is 0 Å². The summed E-state index contributed by atoms with van der Waals surface area (Å²) in [4.78, 5) is 22.3. The first-order valence-electron chi connectivity index (χ1n) is 6.31. The van der Waals surface area contributed by atoms with Crippen LogP contribution in [0.1, 0.15) is 21.5 Å². The minimum absolute atomic E-state index is 0.0340. The third kappa shape index (κ3) is 3.17. The van der Waals surface area contributed by atoms with E-state index < -0.39 is 4.92 Å². The highest BCUT2D eigenvalue weighted by Crippen LogP contribution is 2.23. The van der Waals surface area contributed by atoms with Gasteiger partial charge in [-0.25, -0.2) is 0 Å². The number of nitrogens with zero attached hydrogens (tertiary/aromatic N) is 1. The lowest BCUT2D eigenvalue weighted by Gasteiger charge is -2.09. The lowest BCUT2D eigenvalue weighted by atomic mass is 10.1. The van der Waals surface area contributed by atoms with Crippen LogP contribution in [0.5, 0.6) is 0 Å². The molecule has 0 aliphatic carbocycles. The van der Waals surface area contributed by atoms with Crippen LogP contribution in [-0.2, 0) is 0 Å². The van der Waals surface area contributed by atoms with Gasteiger partial charge in [0.25, 0.3) is 11.6 Å². The van der Waals surface area contributed by atoms with Crippen molar-refractivity contribution in [3.8, 4) is 0 Å². The Morgan fingerprint density at radius 3 is 2.48 bits per heavy atom. The third-order valence-corrected chi connectivity index (χ3v) is 3.12. The number of benzene rings is 2. The number of carbonyl (C=O) groups is 1. The molecule has 0 aliphatic rings. The maximum absolute atomic E-state index is 12.1. The van der Waals surface area contributed by atoms with Crippen LogP contribution in [0, 0.1) is 24.0 Å². The number of nitrogens with one attached hydrogen (secondary N) is 1. The summed E-state index contributed by atoms with van der Waals surface area (Å²) in [7, 11) is 0. The van der Waals surface area contributed by atoms with Crippen molar-refractivity contribution in [1.29, 1.82) is 0 Å². The molecular formula is C15H15N3O3. The Kier molecular flexibility index (Phi) is 3.89. The van der Waals surface area contributed by atoms with E-state index in [0.717, 1.165) is 11.1 Å². The number of nitro groups is 1. The number of carbonyl (C=O) groups excluding carboxylic acids is 1. The normalized spacial score (nSPS) is 10.2. The number of nitro benzene ring substituents is 1. The molecule has 2 rings (SSSR count). The molecular weight excluding hydrogens is 270 g/mol. The van der Waals surface area contributed by atoms with Gasteiger partial charge in [0, 0.05) is 17.3 Å². The smallest absolute Gasteiger partial charge is 0.292 e. The van der Waals surface area contributed by atoms with Gasteiger partial charge in [-0.15, -0.1) is 0 Å². The number of hydrogen-bond acceptors (Lipinski definition) is 4. The summed E-state index contributed by atoms with van der Waals surface area (Å²) >= 11 is 0. The summed E-state index contributed by atoms with van der Waals surface area (Å²) in [6.45, 7) is 3.86. The molecule has 0 spiro atoms. The molecule has 0 fully saturated rings. The van der Waals surface area contributed by atoms with E-state index in [2.05, 4.69) is 5.32 Å². The van der Waals surface area contributed by atoms with Gasteiger partial charge in [-0.1, -0.05) is 17.7 Å². The van der Waals surface area contributed by atoms with Gasteiger partial charge in [-0.05, 0) is 37.6 Å². The molecule has 1 amide bonds. The zero-order valence-corrected chi connectivity index (χ0v) is 11.7. The van der Waals surface area contributed by atoms with E-state index in [4.69, 9.17) is 5.73 Å². The highest BCUT2D eigenvalue weighted by Gasteiger charge is 2.15. The molecule has 6 heteroatoms. The van der Waals surface area contributed by atoms with Crippen molar-refractivity contribution >= 4 is 23.0 Å². The predicted molar refractivity (Wildman–Crippen MR) is 81.4 cm³/mol. The second kappa shape index (κ2) is 5.62. The standard InChI is InChI=1S/C15H15N3O3/c1-9-3-5-13(10(2)7-9)17-15(19)11-4-6-14(18(20)21)12(16)8-11/h3-8H,16H2,1-2H3,(H,17,19). The van der Waals surface area contributed by atoms with Crippen LogP contribution in [0.3, 0.4) is 0 Å². The van der Waals surface area contributed by atoms with Crippen molar-refractivity contribution in [2.75, 3.05) is 11.1 Å². The van der Waals surface area contributed by atoms with Crippen molar-refractivity contribution < 1.29 is 9.72 Å². The number of aryl methyl sites for hydroxylation is 2. The molecule has 0 heterocycles. The second-order valence-corrected chi connectivity index (χ2v) is 4.80. The van der Waals surface area contributed by atoms with Gasteiger partial charge in [0.2, 0.25) is 0 Å². The predicted octanol–water partition coefficient (Wildman–Crippen LogP) is 3.05. The zero-order valence-electron chi connectivity index (χ0n) is 11.7. The van der Waals surface area contributed by atoms with Gasteiger partial charge in [-0.2, -0.15) is 0 Å². The molecule has 108 valence electrons. The first kappa shape index (κ1) is 14.5. The molecule has 0 unspecified atom stereocenters. The number of anilines is 2. The van der Waals surface area contributed by atoms with Gasteiger partial charge in [0.15, 0.2) is 0 Å². The van der Waals surface area contributed by atoms with Crippen LogP contribution >= 0.6 is 0 Å². The maximum atomic E-state index is 12.1. The summed E-state index contributed by atoms with van der Waals surface area (Å²) in [6, 6.07) is 9.58. The van der Waals surface area contributed by atoms with Crippen LogP contribution in [-0.4, -0.2) is 10.8 Å². The van der Waals surface area contributed by atoms with E-state index in [1.54, 1.807) is 0 Å². The lowest BCUT2D eigenvalue weighted by molar-refractivity contribution is -0.383. The van der Waals surface area contributed by atoms with Crippen molar-refractivity contribution in [3.63, 3.8) is 0 Å². The largest absolute Gasteiger partial charge is 0.393 e. The quantitative estimate of drug-likeness (QED) is 0.514. The summed E-state index contributed by atoms with van der Waals surface area (Å²) in [5.74, 6) is -0.358. The van der Waals surface area contributed by atoms with E-state index in [1.165, 1.54) is 18.2 Å². The number of hydrogen-bond donors (Lipinski definition) is 2. The van der Waals surface area contributed by atoms with Gasteiger partial charge in [-0.3, -0.25) is 14.9 Å². The summed E-state index contributed by atoms with van der Waals surface area (Å²) in [5, 5.41) is 13.5. The first-order valence-corrected chi connectivity index (χ1v) is 6.31. The zero-order chi connectivity index (χ0) is 15.6. The molecule has 0 atom stereocenters. The molecule has 0 saturated carbocycles. The number of nitrogen functional groups attached to an aromatic ring is 1. The average Bonchev–Trinajstić information content (AvgIpc) is 2.41. The molecule has 0 aromatic heterocycles. The Morgan fingerprint density at radius 2 is 1.90 bits per heavy atom. The molecule has 3 N–H and O–H groups in total. The number of nitrogens with two attached hydrogens (primary N) is 1. The summed E-state index contributed by atoms with van der Waals surface area (Å²) in [6.07, 6.45) is 0. The fraction of sp³-hybridized carbons (Fsp3) is 0.133.